The maximum Gasteiger partial charge on any atom is 0.239 e. The molecule has 0 unspecified atom stereocenters. The molecule has 0 saturated carbocycles. The standard InChI is InChI=1S/C13H13FN6O2/c14-6-1-2-7-8(4-11(21)17-9(7)3-6)12(22)16-5-10-18-13(15)20-19-10/h1-3,8H,4-5H2,(H,16,22)(H,17,21)(H3,15,18,19,20)/t8-/m0/s1. The molecule has 1 aromatic heterocycles. The van der Waals surface area contributed by atoms with Crippen LogP contribution in [0.2, 0.25) is 0 Å². The third-order valence-electron chi connectivity index (χ3n) is 3.35. The molecule has 2 aromatic rings. The fourth-order valence-electron chi connectivity index (χ4n) is 2.35. The number of H-pyrrole nitrogens is 1. The maximum atomic E-state index is 13.2. The number of nitrogens with one attached hydrogen (secondary N) is 3. The molecule has 22 heavy (non-hydrogen) atoms. The maximum absolute atomic E-state index is 13.2. The number of benzene rings is 1. The Morgan fingerprint density at radius 2 is 2.32 bits per heavy atom. The Hall–Kier alpha value is -2.97. The van der Waals surface area contributed by atoms with Gasteiger partial charge in [0.15, 0.2) is 0 Å². The summed E-state index contributed by atoms with van der Waals surface area (Å²) in [5, 5.41) is 11.4. The van der Waals surface area contributed by atoms with Crippen molar-refractivity contribution in [1.29, 1.82) is 0 Å². The summed E-state index contributed by atoms with van der Waals surface area (Å²) in [5.41, 5.74) is 6.27. The third kappa shape index (κ3) is 2.73. The monoisotopic (exact) mass is 304 g/mol. The molecule has 0 bridgehead atoms. The van der Waals surface area contributed by atoms with E-state index < -0.39 is 11.7 Å². The van der Waals surface area contributed by atoms with Crippen LogP contribution in [0.15, 0.2) is 18.2 Å². The van der Waals surface area contributed by atoms with Crippen molar-refractivity contribution in [2.45, 2.75) is 18.9 Å². The highest BCUT2D eigenvalue weighted by molar-refractivity contribution is 6.01. The Morgan fingerprint density at radius 1 is 1.50 bits per heavy atom. The number of amides is 2. The van der Waals surface area contributed by atoms with Gasteiger partial charge in [-0.05, 0) is 17.7 Å². The van der Waals surface area contributed by atoms with Gasteiger partial charge in [0.2, 0.25) is 17.8 Å². The van der Waals surface area contributed by atoms with Gasteiger partial charge in [-0.1, -0.05) is 6.07 Å². The second kappa shape index (κ2) is 5.43. The second-order valence-electron chi connectivity index (χ2n) is 4.89. The fourth-order valence-corrected chi connectivity index (χ4v) is 2.35. The quantitative estimate of drug-likeness (QED) is 0.647. The number of rotatable bonds is 3. The van der Waals surface area contributed by atoms with Crippen molar-refractivity contribution >= 4 is 23.5 Å². The summed E-state index contributed by atoms with van der Waals surface area (Å²) in [6.07, 6.45) is 0.00299. The Balaban J connectivity index is 1.76. The number of hydrogen-bond donors (Lipinski definition) is 4. The number of hydrogen-bond acceptors (Lipinski definition) is 5. The van der Waals surface area contributed by atoms with E-state index in [1.54, 1.807) is 0 Å². The molecule has 0 spiro atoms. The molecular weight excluding hydrogens is 291 g/mol. The summed E-state index contributed by atoms with van der Waals surface area (Å²) in [6.45, 7) is 0.109. The van der Waals surface area contributed by atoms with Gasteiger partial charge in [-0.3, -0.25) is 14.7 Å². The van der Waals surface area contributed by atoms with E-state index in [4.69, 9.17) is 5.73 Å². The summed E-state index contributed by atoms with van der Waals surface area (Å²) in [6, 6.07) is 3.96. The molecule has 0 fully saturated rings. The van der Waals surface area contributed by atoms with Crippen LogP contribution in [0.4, 0.5) is 16.0 Å². The molecule has 9 heteroatoms. The van der Waals surface area contributed by atoms with Gasteiger partial charge in [-0.25, -0.2) is 4.39 Å². The van der Waals surface area contributed by atoms with Crippen LogP contribution >= 0.6 is 0 Å². The number of anilines is 2. The van der Waals surface area contributed by atoms with E-state index in [0.717, 1.165) is 0 Å². The van der Waals surface area contributed by atoms with Crippen molar-refractivity contribution in [2.75, 3.05) is 11.1 Å². The first-order chi connectivity index (χ1) is 10.5. The first kappa shape index (κ1) is 14.0. The predicted molar refractivity (Wildman–Crippen MR) is 75.0 cm³/mol. The van der Waals surface area contributed by atoms with E-state index in [9.17, 15) is 14.0 Å². The molecule has 1 atom stereocenters. The lowest BCUT2D eigenvalue weighted by atomic mass is 9.89. The lowest BCUT2D eigenvalue weighted by Crippen LogP contribution is -2.35. The molecule has 8 nitrogen and oxygen atoms in total. The smallest absolute Gasteiger partial charge is 0.239 e. The van der Waals surface area contributed by atoms with Crippen LogP contribution in [0.3, 0.4) is 0 Å². The van der Waals surface area contributed by atoms with Gasteiger partial charge in [0.05, 0.1) is 12.5 Å². The topological polar surface area (TPSA) is 126 Å². The number of carbonyl (C=O) groups excluding carboxylic acids is 2. The third-order valence-corrected chi connectivity index (χ3v) is 3.35. The van der Waals surface area contributed by atoms with Gasteiger partial charge in [0.25, 0.3) is 0 Å². The Kier molecular flexibility index (Phi) is 3.45. The molecule has 0 saturated heterocycles. The van der Waals surface area contributed by atoms with E-state index >= 15 is 0 Å². The molecule has 1 aromatic carbocycles. The van der Waals surface area contributed by atoms with Crippen LogP contribution in [-0.4, -0.2) is 27.0 Å². The molecule has 1 aliphatic rings. The minimum absolute atomic E-state index is 0.00299. The number of aromatic amines is 1. The first-order valence-corrected chi connectivity index (χ1v) is 6.56. The first-order valence-electron chi connectivity index (χ1n) is 6.56. The molecule has 5 N–H and O–H groups in total. The van der Waals surface area contributed by atoms with E-state index in [2.05, 4.69) is 25.8 Å². The van der Waals surface area contributed by atoms with Gasteiger partial charge < -0.3 is 16.4 Å². The zero-order valence-electron chi connectivity index (χ0n) is 11.4. The van der Waals surface area contributed by atoms with Crippen molar-refractivity contribution in [1.82, 2.24) is 20.5 Å². The van der Waals surface area contributed by atoms with Crippen LogP contribution in [0.5, 0.6) is 0 Å². The normalized spacial score (nSPS) is 16.8. The lowest BCUT2D eigenvalue weighted by molar-refractivity contribution is -0.126. The van der Waals surface area contributed by atoms with E-state index in [0.29, 0.717) is 17.1 Å². The molecular formula is C13H13FN6O2. The van der Waals surface area contributed by atoms with E-state index in [-0.39, 0.29) is 30.7 Å². The number of carbonyl (C=O) groups is 2. The summed E-state index contributed by atoms with van der Waals surface area (Å²) in [4.78, 5) is 27.8. The molecule has 2 heterocycles. The number of aromatic nitrogens is 3. The van der Waals surface area contributed by atoms with Crippen molar-refractivity contribution in [2.24, 2.45) is 0 Å². The minimum Gasteiger partial charge on any atom is -0.367 e. The molecule has 114 valence electrons. The number of nitrogens with two attached hydrogens (primary N) is 1. The average Bonchev–Trinajstić information content (AvgIpc) is 2.89. The summed E-state index contributed by atoms with van der Waals surface area (Å²) < 4.78 is 13.2. The Bertz CT molecular complexity index is 744. The van der Waals surface area contributed by atoms with Gasteiger partial charge in [0.1, 0.15) is 11.6 Å². The molecule has 0 radical (unpaired) electrons. The highest BCUT2D eigenvalue weighted by atomic mass is 19.1. The van der Waals surface area contributed by atoms with Crippen molar-refractivity contribution in [3.05, 3.63) is 35.4 Å². The summed E-state index contributed by atoms with van der Waals surface area (Å²) >= 11 is 0. The molecule has 0 aliphatic carbocycles. The molecule has 2 amide bonds. The largest absolute Gasteiger partial charge is 0.367 e. The number of nitrogen functional groups attached to an aromatic ring is 1. The van der Waals surface area contributed by atoms with Crippen LogP contribution < -0.4 is 16.4 Å². The van der Waals surface area contributed by atoms with Gasteiger partial charge in [-0.2, -0.15) is 4.98 Å². The van der Waals surface area contributed by atoms with Crippen molar-refractivity contribution in [3.8, 4) is 0 Å². The predicted octanol–water partition coefficient (Wildman–Crippen LogP) is 0.268. The van der Waals surface area contributed by atoms with Crippen LogP contribution in [0, 0.1) is 5.82 Å². The Morgan fingerprint density at radius 3 is 3.05 bits per heavy atom. The highest BCUT2D eigenvalue weighted by Gasteiger charge is 2.30. The minimum atomic E-state index is -0.676. The average molecular weight is 304 g/mol. The summed E-state index contributed by atoms with van der Waals surface area (Å²) in [7, 11) is 0. The second-order valence-corrected chi connectivity index (χ2v) is 4.89. The summed E-state index contributed by atoms with van der Waals surface area (Å²) in [5.74, 6) is -1.34. The number of nitrogens with zero attached hydrogens (tertiary/aromatic N) is 2. The number of halogens is 1. The lowest BCUT2D eigenvalue weighted by Gasteiger charge is -2.24. The molecule has 3 rings (SSSR count). The SMILES string of the molecule is Nc1n[nH]c(CNC(=O)[C@H]2CC(=O)Nc3cc(F)ccc32)n1. The zero-order chi connectivity index (χ0) is 15.7. The van der Waals surface area contributed by atoms with Crippen molar-refractivity contribution in [3.63, 3.8) is 0 Å². The van der Waals surface area contributed by atoms with Gasteiger partial charge >= 0.3 is 0 Å². The van der Waals surface area contributed by atoms with Crippen LogP contribution in [0.25, 0.3) is 0 Å². The number of fused-ring (bicyclic) bond motifs is 1. The van der Waals surface area contributed by atoms with Crippen LogP contribution in [0.1, 0.15) is 23.7 Å². The van der Waals surface area contributed by atoms with Gasteiger partial charge in [-0.15, -0.1) is 5.10 Å². The van der Waals surface area contributed by atoms with Gasteiger partial charge in [0, 0.05) is 12.1 Å². The highest BCUT2D eigenvalue weighted by Crippen LogP contribution is 2.32. The fraction of sp³-hybridized carbons (Fsp3) is 0.231. The molecule has 1 aliphatic heterocycles. The van der Waals surface area contributed by atoms with Crippen LogP contribution in [-0.2, 0) is 16.1 Å². The van der Waals surface area contributed by atoms with E-state index in [1.165, 1.54) is 18.2 Å². The van der Waals surface area contributed by atoms with E-state index in [1.807, 2.05) is 0 Å². The Labute approximate surface area is 124 Å². The zero-order valence-corrected chi connectivity index (χ0v) is 11.4. The van der Waals surface area contributed by atoms with Crippen molar-refractivity contribution < 1.29 is 14.0 Å².